The number of alkyl halides is 3. The first-order valence-corrected chi connectivity index (χ1v) is 9.55. The Kier molecular flexibility index (Phi) is 7.25. The van der Waals surface area contributed by atoms with Gasteiger partial charge in [-0.15, -0.1) is 0 Å². The molecule has 0 aliphatic heterocycles. The molecule has 1 N–H and O–H groups in total. The smallest absolute Gasteiger partial charge is 0.416 e. The molecule has 0 fully saturated rings. The average Bonchev–Trinajstić information content (AvgIpc) is 2.69. The number of hydrogen-bond donors (Lipinski definition) is 1. The highest BCUT2D eigenvalue weighted by atomic mass is 32.2. The van der Waals surface area contributed by atoms with Gasteiger partial charge >= 0.3 is 12.1 Å². The Morgan fingerprint density at radius 3 is 2.41 bits per heavy atom. The van der Waals surface area contributed by atoms with Crippen LogP contribution < -0.4 is 9.46 Å². The van der Waals surface area contributed by atoms with Crippen LogP contribution in [0, 0.1) is 11.8 Å². The molecule has 0 atom stereocenters. The van der Waals surface area contributed by atoms with E-state index < -0.39 is 27.7 Å². The van der Waals surface area contributed by atoms with Crippen molar-refractivity contribution in [1.82, 2.24) is 4.72 Å². The number of ether oxygens (including phenoxy) is 2. The zero-order valence-corrected chi connectivity index (χ0v) is 15.9. The van der Waals surface area contributed by atoms with Gasteiger partial charge in [-0.3, -0.25) is 0 Å². The second-order valence-corrected chi connectivity index (χ2v) is 7.28. The summed E-state index contributed by atoms with van der Waals surface area (Å²) in [6.07, 6.45) is -4.47. The quantitative estimate of drug-likeness (QED) is 0.566. The molecule has 2 rings (SSSR count). The summed E-state index contributed by atoms with van der Waals surface area (Å²) in [4.78, 5) is 11.3. The van der Waals surface area contributed by atoms with Gasteiger partial charge in [0.2, 0.25) is 10.0 Å². The van der Waals surface area contributed by atoms with Crippen LogP contribution in [0.5, 0.6) is 5.75 Å². The van der Waals surface area contributed by atoms with E-state index in [9.17, 15) is 26.4 Å². The number of hydrogen-bond acceptors (Lipinski definition) is 5. The fourth-order valence-electron chi connectivity index (χ4n) is 2.10. The molecule has 0 spiro atoms. The van der Waals surface area contributed by atoms with Crippen LogP contribution in [0.4, 0.5) is 13.2 Å². The third kappa shape index (κ3) is 6.51. The number of benzene rings is 2. The third-order valence-electron chi connectivity index (χ3n) is 3.53. The van der Waals surface area contributed by atoms with Crippen LogP contribution in [0.15, 0.2) is 53.4 Å². The average molecular weight is 427 g/mol. The van der Waals surface area contributed by atoms with Gasteiger partial charge in [-0.1, -0.05) is 17.9 Å². The fraction of sp³-hybridized carbons (Fsp3) is 0.211. The summed E-state index contributed by atoms with van der Waals surface area (Å²) >= 11 is 0. The largest absolute Gasteiger partial charge is 0.481 e. The van der Waals surface area contributed by atoms with Crippen LogP contribution in [0.2, 0.25) is 0 Å². The fourth-order valence-corrected chi connectivity index (χ4v) is 3.02. The van der Waals surface area contributed by atoms with Crippen molar-refractivity contribution >= 4 is 16.0 Å². The number of methoxy groups -OCH3 is 1. The zero-order chi connectivity index (χ0) is 21.5. The van der Waals surface area contributed by atoms with Crippen LogP contribution in [0.3, 0.4) is 0 Å². The molecule has 0 aliphatic rings. The van der Waals surface area contributed by atoms with Crippen LogP contribution >= 0.6 is 0 Å². The minimum absolute atomic E-state index is 0.000372. The number of nitrogens with one attached hydrogen (secondary N) is 1. The molecule has 29 heavy (non-hydrogen) atoms. The lowest BCUT2D eigenvalue weighted by molar-refractivity contribution is -0.137. The molecule has 0 amide bonds. The van der Waals surface area contributed by atoms with E-state index in [1.165, 1.54) is 43.5 Å². The maximum absolute atomic E-state index is 12.6. The zero-order valence-electron chi connectivity index (χ0n) is 15.1. The molecule has 10 heteroatoms. The maximum Gasteiger partial charge on any atom is 0.416 e. The highest BCUT2D eigenvalue weighted by Crippen LogP contribution is 2.31. The second kappa shape index (κ2) is 9.45. The second-order valence-electron chi connectivity index (χ2n) is 5.51. The van der Waals surface area contributed by atoms with Crippen LogP contribution in [-0.4, -0.2) is 34.6 Å². The molecular weight excluding hydrogens is 411 g/mol. The van der Waals surface area contributed by atoms with Crippen LogP contribution in [0.1, 0.15) is 15.9 Å². The highest BCUT2D eigenvalue weighted by molar-refractivity contribution is 7.89. The van der Waals surface area contributed by atoms with Crippen molar-refractivity contribution in [3.8, 4) is 17.6 Å². The Bertz CT molecular complexity index is 1020. The normalized spacial score (nSPS) is 11.3. The molecule has 154 valence electrons. The first-order chi connectivity index (χ1) is 13.6. The minimum Gasteiger partial charge on any atom is -0.481 e. The van der Waals surface area contributed by atoms with E-state index in [1.807, 2.05) is 0 Å². The summed E-state index contributed by atoms with van der Waals surface area (Å²) in [6, 6.07) is 9.47. The molecule has 6 nitrogen and oxygen atoms in total. The van der Waals surface area contributed by atoms with E-state index >= 15 is 0 Å². The lowest BCUT2D eigenvalue weighted by Gasteiger charge is -2.08. The first-order valence-electron chi connectivity index (χ1n) is 8.07. The van der Waals surface area contributed by atoms with E-state index in [1.54, 1.807) is 0 Å². The van der Waals surface area contributed by atoms with Gasteiger partial charge in [0.05, 0.1) is 29.7 Å². The van der Waals surface area contributed by atoms with Crippen molar-refractivity contribution in [2.45, 2.75) is 11.1 Å². The molecule has 0 saturated heterocycles. The molecule has 0 aliphatic carbocycles. The summed E-state index contributed by atoms with van der Waals surface area (Å²) in [7, 11) is -2.63. The Morgan fingerprint density at radius 2 is 1.79 bits per heavy atom. The summed E-state index contributed by atoms with van der Waals surface area (Å²) in [5.41, 5.74) is -0.632. The van der Waals surface area contributed by atoms with Crippen molar-refractivity contribution in [3.05, 3.63) is 59.7 Å². The number of carbonyl (C=O) groups is 1. The summed E-state index contributed by atoms with van der Waals surface area (Å²) in [5.74, 6) is 4.42. The van der Waals surface area contributed by atoms with E-state index in [-0.39, 0.29) is 29.4 Å². The summed E-state index contributed by atoms with van der Waals surface area (Å²) in [5, 5.41) is 0. The van der Waals surface area contributed by atoms with Gasteiger partial charge in [0, 0.05) is 0 Å². The van der Waals surface area contributed by atoms with Crippen LogP contribution in [-0.2, 0) is 20.9 Å². The van der Waals surface area contributed by atoms with Crippen LogP contribution in [0.25, 0.3) is 0 Å². The lowest BCUT2D eigenvalue weighted by atomic mass is 10.2. The highest BCUT2D eigenvalue weighted by Gasteiger charge is 2.30. The molecule has 2 aromatic rings. The Hall–Kier alpha value is -3.03. The third-order valence-corrected chi connectivity index (χ3v) is 4.95. The molecule has 0 heterocycles. The van der Waals surface area contributed by atoms with E-state index in [4.69, 9.17) is 4.74 Å². The van der Waals surface area contributed by atoms with Gasteiger partial charge in [-0.2, -0.15) is 17.9 Å². The number of carbonyl (C=O) groups excluding carboxylic acids is 1. The number of sulfonamides is 1. The van der Waals surface area contributed by atoms with Crippen molar-refractivity contribution in [2.75, 3.05) is 20.3 Å². The Morgan fingerprint density at radius 1 is 1.10 bits per heavy atom. The molecule has 0 radical (unpaired) electrons. The molecule has 2 aromatic carbocycles. The molecular formula is C19H16F3NO5S. The monoisotopic (exact) mass is 427 g/mol. The number of rotatable bonds is 6. The van der Waals surface area contributed by atoms with Gasteiger partial charge in [-0.25, -0.2) is 13.2 Å². The SMILES string of the molecule is COC(=O)c1ccc(S(=O)(=O)NCC#CCOc2cccc(C(F)(F)F)c2)cc1. The van der Waals surface area contributed by atoms with E-state index in [0.717, 1.165) is 12.1 Å². The van der Waals surface area contributed by atoms with Gasteiger partial charge in [0.1, 0.15) is 12.4 Å². The predicted molar refractivity (Wildman–Crippen MR) is 97.7 cm³/mol. The Balaban J connectivity index is 1.87. The summed E-state index contributed by atoms with van der Waals surface area (Å²) in [6.45, 7) is -0.441. The van der Waals surface area contributed by atoms with Gasteiger partial charge in [0.15, 0.2) is 0 Å². The minimum atomic E-state index is -4.47. The number of halogens is 3. The number of esters is 1. The molecule has 0 unspecified atom stereocenters. The van der Waals surface area contributed by atoms with E-state index in [0.29, 0.717) is 0 Å². The van der Waals surface area contributed by atoms with Gasteiger partial charge in [-0.05, 0) is 42.5 Å². The van der Waals surface area contributed by atoms with Gasteiger partial charge < -0.3 is 9.47 Å². The van der Waals surface area contributed by atoms with Crippen molar-refractivity contribution in [1.29, 1.82) is 0 Å². The Labute approximate surface area is 165 Å². The molecule has 0 bridgehead atoms. The van der Waals surface area contributed by atoms with Crippen molar-refractivity contribution in [3.63, 3.8) is 0 Å². The standard InChI is InChI=1S/C19H16F3NO5S/c1-27-18(24)14-7-9-17(10-8-14)29(25,26)23-11-2-3-12-28-16-6-4-5-15(13-16)19(20,21)22/h4-10,13,23H,11-12H2,1H3. The van der Waals surface area contributed by atoms with Crippen molar-refractivity contribution in [2.24, 2.45) is 0 Å². The molecule has 0 aromatic heterocycles. The molecule has 0 saturated carbocycles. The summed E-state index contributed by atoms with van der Waals surface area (Å²) < 4.78 is 74.0. The maximum atomic E-state index is 12.6. The van der Waals surface area contributed by atoms with Gasteiger partial charge in [0.25, 0.3) is 0 Å². The van der Waals surface area contributed by atoms with E-state index in [2.05, 4.69) is 21.3 Å². The van der Waals surface area contributed by atoms with Crippen molar-refractivity contribution < 1.29 is 35.9 Å². The lowest BCUT2D eigenvalue weighted by Crippen LogP contribution is -2.24. The topological polar surface area (TPSA) is 81.7 Å². The first kappa shape index (κ1) is 22.3. The predicted octanol–water partition coefficient (Wildman–Crippen LogP) is 2.85.